The number of ether oxygens (including phenoxy) is 2. The van der Waals surface area contributed by atoms with Gasteiger partial charge < -0.3 is 9.47 Å². The summed E-state index contributed by atoms with van der Waals surface area (Å²) in [5.74, 6) is 0.936. The fraction of sp³-hybridized carbons (Fsp3) is 0.500. The Morgan fingerprint density at radius 3 is 2.88 bits per heavy atom. The lowest BCUT2D eigenvalue weighted by Crippen LogP contribution is -2.55. The summed E-state index contributed by atoms with van der Waals surface area (Å²) in [4.78, 5) is 12.1. The zero-order valence-corrected chi connectivity index (χ0v) is 10.2. The molecule has 0 aromatic heterocycles. The average molecular weight is 232 g/mol. The maximum Gasteiger partial charge on any atom is 0.170 e. The summed E-state index contributed by atoms with van der Waals surface area (Å²) in [7, 11) is 1.71. The quantitative estimate of drug-likeness (QED) is 0.746. The molecule has 1 aromatic rings. The van der Waals surface area contributed by atoms with Crippen molar-refractivity contribution in [1.29, 1.82) is 0 Å². The van der Waals surface area contributed by atoms with Gasteiger partial charge in [0.1, 0.15) is 11.4 Å². The molecule has 0 saturated heterocycles. The Labute approximate surface area is 101 Å². The van der Waals surface area contributed by atoms with Crippen LogP contribution in [0.2, 0.25) is 0 Å². The number of fused-ring (bicyclic) bond motifs is 1. The van der Waals surface area contributed by atoms with Gasteiger partial charge in [-0.05, 0) is 19.1 Å². The molecular formula is C14H16O3. The first kappa shape index (κ1) is 10.8. The first-order chi connectivity index (χ1) is 8.12. The van der Waals surface area contributed by atoms with Gasteiger partial charge in [-0.25, -0.2) is 0 Å². The van der Waals surface area contributed by atoms with Crippen molar-refractivity contribution in [3.05, 3.63) is 29.3 Å². The monoisotopic (exact) mass is 232 g/mol. The molecule has 3 heteroatoms. The van der Waals surface area contributed by atoms with Gasteiger partial charge in [-0.3, -0.25) is 4.79 Å². The van der Waals surface area contributed by atoms with Gasteiger partial charge in [0.05, 0.1) is 18.1 Å². The predicted octanol–water partition coefficient (Wildman–Crippen LogP) is 2.51. The fourth-order valence-corrected chi connectivity index (χ4v) is 2.77. The van der Waals surface area contributed by atoms with E-state index in [1.54, 1.807) is 7.11 Å². The molecule has 1 fully saturated rings. The van der Waals surface area contributed by atoms with E-state index in [0.717, 1.165) is 29.7 Å². The van der Waals surface area contributed by atoms with Crippen LogP contribution in [0.1, 0.15) is 35.2 Å². The standard InChI is InChI=1S/C14H16O3/c1-9-3-4-13-11(5-9)12(15)8-14(17-13)6-10(7-14)16-2/h3-5,10H,6-8H2,1-2H3. The van der Waals surface area contributed by atoms with Crippen LogP contribution in [-0.2, 0) is 4.74 Å². The molecule has 3 rings (SSSR count). The normalized spacial score (nSPS) is 30.7. The van der Waals surface area contributed by atoms with Gasteiger partial charge in [-0.2, -0.15) is 0 Å². The van der Waals surface area contributed by atoms with Gasteiger partial charge in [-0.15, -0.1) is 0 Å². The lowest BCUT2D eigenvalue weighted by molar-refractivity contribution is -0.112. The molecule has 0 bridgehead atoms. The molecule has 1 aromatic carbocycles. The predicted molar refractivity (Wildman–Crippen MR) is 63.5 cm³/mol. The number of ketones is 1. The minimum atomic E-state index is -0.292. The number of carbonyl (C=O) groups excluding carboxylic acids is 1. The molecule has 0 amide bonds. The van der Waals surface area contributed by atoms with Crippen LogP contribution >= 0.6 is 0 Å². The van der Waals surface area contributed by atoms with E-state index in [2.05, 4.69) is 0 Å². The van der Waals surface area contributed by atoms with Crippen molar-refractivity contribution in [3.8, 4) is 5.75 Å². The number of carbonyl (C=O) groups is 1. The first-order valence-electron chi connectivity index (χ1n) is 5.98. The second-order valence-electron chi connectivity index (χ2n) is 5.15. The molecule has 1 heterocycles. The highest BCUT2D eigenvalue weighted by Crippen LogP contribution is 2.46. The zero-order valence-electron chi connectivity index (χ0n) is 10.2. The molecule has 1 aliphatic heterocycles. The molecule has 0 N–H and O–H groups in total. The summed E-state index contributed by atoms with van der Waals surface area (Å²) in [5.41, 5.74) is 1.54. The maximum atomic E-state index is 12.1. The van der Waals surface area contributed by atoms with Crippen molar-refractivity contribution < 1.29 is 14.3 Å². The first-order valence-corrected chi connectivity index (χ1v) is 5.98. The van der Waals surface area contributed by atoms with Crippen molar-refractivity contribution in [2.45, 2.75) is 37.9 Å². The van der Waals surface area contributed by atoms with Crippen LogP contribution in [-0.4, -0.2) is 24.6 Å². The fourth-order valence-electron chi connectivity index (χ4n) is 2.77. The summed E-state index contributed by atoms with van der Waals surface area (Å²) in [6.07, 6.45) is 2.38. The summed E-state index contributed by atoms with van der Waals surface area (Å²) in [6, 6.07) is 5.80. The van der Waals surface area contributed by atoms with Gasteiger partial charge in [0.2, 0.25) is 0 Å². The number of methoxy groups -OCH3 is 1. The van der Waals surface area contributed by atoms with Gasteiger partial charge in [-0.1, -0.05) is 11.6 Å². The van der Waals surface area contributed by atoms with Crippen LogP contribution in [0.3, 0.4) is 0 Å². The Morgan fingerprint density at radius 2 is 2.18 bits per heavy atom. The Balaban J connectivity index is 1.89. The maximum absolute atomic E-state index is 12.1. The van der Waals surface area contributed by atoms with E-state index < -0.39 is 0 Å². The van der Waals surface area contributed by atoms with Gasteiger partial charge in [0.25, 0.3) is 0 Å². The second kappa shape index (κ2) is 3.57. The minimum absolute atomic E-state index is 0.199. The highest BCUT2D eigenvalue weighted by atomic mass is 16.5. The minimum Gasteiger partial charge on any atom is -0.486 e. The largest absolute Gasteiger partial charge is 0.486 e. The van der Waals surface area contributed by atoms with E-state index >= 15 is 0 Å². The van der Waals surface area contributed by atoms with Crippen LogP contribution in [0.5, 0.6) is 5.75 Å². The van der Waals surface area contributed by atoms with E-state index in [9.17, 15) is 4.79 Å². The molecule has 3 nitrogen and oxygen atoms in total. The molecule has 2 aliphatic rings. The van der Waals surface area contributed by atoms with Crippen molar-refractivity contribution in [2.75, 3.05) is 7.11 Å². The highest BCUT2D eigenvalue weighted by molar-refractivity contribution is 6.00. The van der Waals surface area contributed by atoms with E-state index in [4.69, 9.17) is 9.47 Å². The summed E-state index contributed by atoms with van der Waals surface area (Å²) in [5, 5.41) is 0. The van der Waals surface area contributed by atoms with Crippen molar-refractivity contribution in [3.63, 3.8) is 0 Å². The SMILES string of the molecule is COC1CC2(CC(=O)c3cc(C)ccc3O2)C1. The number of rotatable bonds is 1. The van der Waals surface area contributed by atoms with E-state index in [1.165, 1.54) is 0 Å². The molecule has 1 aliphatic carbocycles. The van der Waals surface area contributed by atoms with Gasteiger partial charge in [0.15, 0.2) is 5.78 Å². The number of hydrogen-bond acceptors (Lipinski definition) is 3. The lowest BCUT2D eigenvalue weighted by atomic mass is 9.72. The summed E-state index contributed by atoms with van der Waals surface area (Å²) >= 11 is 0. The third kappa shape index (κ3) is 1.65. The highest BCUT2D eigenvalue weighted by Gasteiger charge is 2.50. The van der Waals surface area contributed by atoms with Crippen LogP contribution in [0, 0.1) is 6.92 Å². The van der Waals surface area contributed by atoms with Crippen molar-refractivity contribution >= 4 is 5.78 Å². The van der Waals surface area contributed by atoms with E-state index in [0.29, 0.717) is 6.42 Å². The van der Waals surface area contributed by atoms with Crippen LogP contribution in [0.15, 0.2) is 18.2 Å². The molecule has 0 atom stereocenters. The molecular weight excluding hydrogens is 216 g/mol. The van der Waals surface area contributed by atoms with Crippen LogP contribution in [0.4, 0.5) is 0 Å². The number of Topliss-reactive ketones (excluding diaryl/α,β-unsaturated/α-hetero) is 1. The Morgan fingerprint density at radius 1 is 1.41 bits per heavy atom. The Bertz CT molecular complexity index is 472. The van der Waals surface area contributed by atoms with Crippen molar-refractivity contribution in [2.24, 2.45) is 0 Å². The Hall–Kier alpha value is -1.35. The van der Waals surface area contributed by atoms with Crippen LogP contribution in [0.25, 0.3) is 0 Å². The molecule has 1 saturated carbocycles. The summed E-state index contributed by atoms with van der Waals surface area (Å²) in [6.45, 7) is 1.99. The number of aryl methyl sites for hydroxylation is 1. The smallest absolute Gasteiger partial charge is 0.170 e. The van der Waals surface area contributed by atoms with Gasteiger partial charge >= 0.3 is 0 Å². The van der Waals surface area contributed by atoms with Crippen LogP contribution < -0.4 is 4.74 Å². The van der Waals surface area contributed by atoms with E-state index in [1.807, 2.05) is 25.1 Å². The summed E-state index contributed by atoms with van der Waals surface area (Å²) < 4.78 is 11.3. The van der Waals surface area contributed by atoms with Gasteiger partial charge in [0, 0.05) is 20.0 Å². The van der Waals surface area contributed by atoms with Crippen molar-refractivity contribution in [1.82, 2.24) is 0 Å². The molecule has 0 unspecified atom stereocenters. The number of benzene rings is 1. The molecule has 1 spiro atoms. The Kier molecular flexibility index (Phi) is 2.26. The number of hydrogen-bond donors (Lipinski definition) is 0. The average Bonchev–Trinajstić information content (AvgIpc) is 2.26. The third-order valence-electron chi connectivity index (χ3n) is 3.78. The molecule has 90 valence electrons. The lowest BCUT2D eigenvalue weighted by Gasteiger charge is -2.48. The molecule has 17 heavy (non-hydrogen) atoms. The molecule has 0 radical (unpaired) electrons. The topological polar surface area (TPSA) is 35.5 Å². The third-order valence-corrected chi connectivity index (χ3v) is 3.78. The zero-order chi connectivity index (χ0) is 12.0. The van der Waals surface area contributed by atoms with E-state index in [-0.39, 0.29) is 17.5 Å². The second-order valence-corrected chi connectivity index (χ2v) is 5.15.